The average molecular weight is 204 g/mol. The molecule has 0 unspecified atom stereocenters. The van der Waals surface area contributed by atoms with E-state index in [1.54, 1.807) is 0 Å². The summed E-state index contributed by atoms with van der Waals surface area (Å²) < 4.78 is 0. The maximum atomic E-state index is 11.9. The summed E-state index contributed by atoms with van der Waals surface area (Å²) in [5, 5.41) is 2.86. The first-order chi connectivity index (χ1) is 7.21. The van der Waals surface area contributed by atoms with Gasteiger partial charge in [-0.05, 0) is 25.0 Å². The van der Waals surface area contributed by atoms with Gasteiger partial charge in [0.2, 0.25) is 5.91 Å². The van der Waals surface area contributed by atoms with E-state index in [4.69, 9.17) is 5.73 Å². The summed E-state index contributed by atoms with van der Waals surface area (Å²) >= 11 is 0. The Morgan fingerprint density at radius 2 is 1.80 bits per heavy atom. The van der Waals surface area contributed by atoms with Gasteiger partial charge in [-0.3, -0.25) is 4.79 Å². The van der Waals surface area contributed by atoms with Gasteiger partial charge in [-0.1, -0.05) is 31.0 Å². The minimum absolute atomic E-state index is 0.0498. The van der Waals surface area contributed by atoms with Crippen molar-refractivity contribution in [3.8, 4) is 0 Å². The van der Waals surface area contributed by atoms with Gasteiger partial charge in [0.25, 0.3) is 0 Å². The fourth-order valence-electron chi connectivity index (χ4n) is 2.01. The van der Waals surface area contributed by atoms with Crippen molar-refractivity contribution in [2.24, 2.45) is 5.73 Å². The quantitative estimate of drug-likeness (QED) is 0.773. The SMILES string of the molecule is NC1(C(=O)Nc2ccccc2)CCCC1. The largest absolute Gasteiger partial charge is 0.324 e. The summed E-state index contributed by atoms with van der Waals surface area (Å²) in [6.45, 7) is 0. The molecule has 1 aliphatic carbocycles. The van der Waals surface area contributed by atoms with Crippen LogP contribution in [0.5, 0.6) is 0 Å². The van der Waals surface area contributed by atoms with Gasteiger partial charge in [0.05, 0.1) is 5.54 Å². The number of nitrogens with one attached hydrogen (secondary N) is 1. The Labute approximate surface area is 89.7 Å². The Balaban J connectivity index is 2.04. The maximum absolute atomic E-state index is 11.9. The molecule has 0 heterocycles. The van der Waals surface area contributed by atoms with Crippen LogP contribution in [0.4, 0.5) is 5.69 Å². The molecule has 3 N–H and O–H groups in total. The first-order valence-electron chi connectivity index (χ1n) is 5.36. The predicted octanol–water partition coefficient (Wildman–Crippen LogP) is 1.90. The average Bonchev–Trinajstić information content (AvgIpc) is 2.68. The molecule has 1 amide bonds. The number of benzene rings is 1. The topological polar surface area (TPSA) is 55.1 Å². The first kappa shape index (κ1) is 10.2. The smallest absolute Gasteiger partial charge is 0.244 e. The second kappa shape index (κ2) is 4.03. The van der Waals surface area contributed by atoms with E-state index in [0.717, 1.165) is 31.4 Å². The molecule has 0 saturated heterocycles. The zero-order valence-electron chi connectivity index (χ0n) is 8.70. The van der Waals surface area contributed by atoms with Crippen LogP contribution >= 0.6 is 0 Å². The lowest BCUT2D eigenvalue weighted by Crippen LogP contribution is -2.48. The van der Waals surface area contributed by atoms with Crippen LogP contribution in [0.25, 0.3) is 0 Å². The molecule has 0 spiro atoms. The van der Waals surface area contributed by atoms with Gasteiger partial charge in [0.1, 0.15) is 0 Å². The number of hydrogen-bond donors (Lipinski definition) is 2. The highest BCUT2D eigenvalue weighted by molar-refractivity contribution is 5.98. The van der Waals surface area contributed by atoms with E-state index in [9.17, 15) is 4.79 Å². The van der Waals surface area contributed by atoms with E-state index < -0.39 is 5.54 Å². The van der Waals surface area contributed by atoms with Crippen molar-refractivity contribution in [3.05, 3.63) is 30.3 Å². The molecule has 1 aromatic carbocycles. The van der Waals surface area contributed by atoms with Crippen LogP contribution in [0.15, 0.2) is 30.3 Å². The monoisotopic (exact) mass is 204 g/mol. The van der Waals surface area contributed by atoms with Gasteiger partial charge < -0.3 is 11.1 Å². The van der Waals surface area contributed by atoms with Crippen molar-refractivity contribution in [2.75, 3.05) is 5.32 Å². The van der Waals surface area contributed by atoms with E-state index in [2.05, 4.69) is 5.32 Å². The van der Waals surface area contributed by atoms with E-state index >= 15 is 0 Å². The molecule has 1 saturated carbocycles. The number of anilines is 1. The Morgan fingerprint density at radius 3 is 2.40 bits per heavy atom. The summed E-state index contributed by atoms with van der Waals surface area (Å²) in [5.41, 5.74) is 6.21. The van der Waals surface area contributed by atoms with Crippen LogP contribution in [0, 0.1) is 0 Å². The van der Waals surface area contributed by atoms with Gasteiger partial charge in [-0.25, -0.2) is 0 Å². The normalized spacial score (nSPS) is 18.7. The van der Waals surface area contributed by atoms with E-state index in [0.29, 0.717) is 0 Å². The molecule has 0 bridgehead atoms. The van der Waals surface area contributed by atoms with E-state index in [-0.39, 0.29) is 5.91 Å². The lowest BCUT2D eigenvalue weighted by molar-refractivity contribution is -0.121. The van der Waals surface area contributed by atoms with Gasteiger partial charge >= 0.3 is 0 Å². The van der Waals surface area contributed by atoms with E-state index in [1.165, 1.54) is 0 Å². The molecule has 0 atom stereocenters. The zero-order chi connectivity index (χ0) is 10.7. The number of carbonyl (C=O) groups excluding carboxylic acids is 1. The van der Waals surface area contributed by atoms with Gasteiger partial charge in [-0.15, -0.1) is 0 Å². The highest BCUT2D eigenvalue weighted by Gasteiger charge is 2.36. The number of para-hydroxylation sites is 1. The van der Waals surface area contributed by atoms with Gasteiger partial charge in [-0.2, -0.15) is 0 Å². The second-order valence-electron chi connectivity index (χ2n) is 4.18. The molecule has 3 nitrogen and oxygen atoms in total. The van der Waals surface area contributed by atoms with Crippen LogP contribution in [0.2, 0.25) is 0 Å². The Hall–Kier alpha value is -1.35. The molecule has 2 rings (SSSR count). The van der Waals surface area contributed by atoms with Crippen LogP contribution in [-0.4, -0.2) is 11.4 Å². The van der Waals surface area contributed by atoms with Crippen molar-refractivity contribution in [1.82, 2.24) is 0 Å². The molecular weight excluding hydrogens is 188 g/mol. The summed E-state index contributed by atoms with van der Waals surface area (Å²) in [5.74, 6) is -0.0498. The van der Waals surface area contributed by atoms with Crippen molar-refractivity contribution in [1.29, 1.82) is 0 Å². The van der Waals surface area contributed by atoms with Crippen LogP contribution < -0.4 is 11.1 Å². The molecule has 3 heteroatoms. The van der Waals surface area contributed by atoms with Crippen LogP contribution in [0.1, 0.15) is 25.7 Å². The number of carbonyl (C=O) groups is 1. The molecule has 0 radical (unpaired) electrons. The van der Waals surface area contributed by atoms with Crippen molar-refractivity contribution in [2.45, 2.75) is 31.2 Å². The molecule has 0 aliphatic heterocycles. The summed E-state index contributed by atoms with van der Waals surface area (Å²) in [6.07, 6.45) is 3.70. The third-order valence-corrected chi connectivity index (χ3v) is 2.98. The Morgan fingerprint density at radius 1 is 1.20 bits per heavy atom. The maximum Gasteiger partial charge on any atom is 0.244 e. The third-order valence-electron chi connectivity index (χ3n) is 2.98. The molecule has 80 valence electrons. The standard InChI is InChI=1S/C12H16N2O/c13-12(8-4-5-9-12)11(15)14-10-6-2-1-3-7-10/h1-3,6-7H,4-5,8-9,13H2,(H,14,15). The predicted molar refractivity (Wildman–Crippen MR) is 60.5 cm³/mol. The van der Waals surface area contributed by atoms with Crippen molar-refractivity contribution >= 4 is 11.6 Å². The molecule has 1 fully saturated rings. The minimum atomic E-state index is -0.643. The van der Waals surface area contributed by atoms with Crippen molar-refractivity contribution < 1.29 is 4.79 Å². The highest BCUT2D eigenvalue weighted by atomic mass is 16.2. The lowest BCUT2D eigenvalue weighted by atomic mass is 9.98. The second-order valence-corrected chi connectivity index (χ2v) is 4.18. The fourth-order valence-corrected chi connectivity index (χ4v) is 2.01. The molecule has 15 heavy (non-hydrogen) atoms. The molecule has 1 aliphatic rings. The first-order valence-corrected chi connectivity index (χ1v) is 5.36. The summed E-state index contributed by atoms with van der Waals surface area (Å²) in [7, 11) is 0. The van der Waals surface area contributed by atoms with Gasteiger partial charge in [0, 0.05) is 5.69 Å². The summed E-state index contributed by atoms with van der Waals surface area (Å²) in [6, 6.07) is 9.46. The molecule has 0 aromatic heterocycles. The van der Waals surface area contributed by atoms with Crippen LogP contribution in [-0.2, 0) is 4.79 Å². The van der Waals surface area contributed by atoms with Crippen LogP contribution in [0.3, 0.4) is 0 Å². The lowest BCUT2D eigenvalue weighted by Gasteiger charge is -2.22. The zero-order valence-corrected chi connectivity index (χ0v) is 8.70. The molecule has 1 aromatic rings. The number of amides is 1. The summed E-state index contributed by atoms with van der Waals surface area (Å²) in [4.78, 5) is 11.9. The number of rotatable bonds is 2. The molecular formula is C12H16N2O. The van der Waals surface area contributed by atoms with E-state index in [1.807, 2.05) is 30.3 Å². The number of hydrogen-bond acceptors (Lipinski definition) is 2. The Bertz CT molecular complexity index is 342. The Kier molecular flexibility index (Phi) is 2.73. The third kappa shape index (κ3) is 2.18. The highest BCUT2D eigenvalue weighted by Crippen LogP contribution is 2.28. The number of nitrogens with two attached hydrogens (primary N) is 1. The minimum Gasteiger partial charge on any atom is -0.324 e. The van der Waals surface area contributed by atoms with Gasteiger partial charge in [0.15, 0.2) is 0 Å². The fraction of sp³-hybridized carbons (Fsp3) is 0.417. The van der Waals surface area contributed by atoms with Crippen molar-refractivity contribution in [3.63, 3.8) is 0 Å².